The van der Waals surface area contributed by atoms with Crippen molar-refractivity contribution in [2.45, 2.75) is 46.6 Å². The van der Waals surface area contributed by atoms with Crippen LogP contribution in [0.25, 0.3) is 0 Å². The molecule has 0 bridgehead atoms. The summed E-state index contributed by atoms with van der Waals surface area (Å²) in [4.78, 5) is 38.3. The zero-order chi connectivity index (χ0) is 20.4. The Morgan fingerprint density at radius 2 is 1.64 bits per heavy atom. The summed E-state index contributed by atoms with van der Waals surface area (Å²) < 4.78 is 7.51. The SMILES string of the molecule is Cc1cc(C(=O)OCCCCN2C(=O)c3ccccc3C2=O)c(C)n1C(C)C. The number of aryl methyl sites for hydroxylation is 1. The molecule has 0 radical (unpaired) electrons. The molecule has 0 N–H and O–H groups in total. The number of carbonyl (C=O) groups excluding carboxylic acids is 3. The molecule has 1 aliphatic rings. The van der Waals surface area contributed by atoms with Crippen molar-refractivity contribution in [1.29, 1.82) is 0 Å². The van der Waals surface area contributed by atoms with Crippen LogP contribution in [-0.4, -0.2) is 40.4 Å². The fourth-order valence-corrected chi connectivity index (χ4v) is 3.84. The van der Waals surface area contributed by atoms with Gasteiger partial charge in [-0.1, -0.05) is 12.1 Å². The predicted molar refractivity (Wildman–Crippen MR) is 106 cm³/mol. The first-order valence-corrected chi connectivity index (χ1v) is 9.63. The van der Waals surface area contributed by atoms with Crippen LogP contribution in [0, 0.1) is 13.8 Å². The van der Waals surface area contributed by atoms with Crippen molar-refractivity contribution in [3.8, 4) is 0 Å². The number of imide groups is 1. The number of esters is 1. The number of nitrogens with zero attached hydrogens (tertiary/aromatic N) is 2. The van der Waals surface area contributed by atoms with Crippen LogP contribution in [0.2, 0.25) is 0 Å². The second kappa shape index (κ2) is 8.00. The summed E-state index contributed by atoms with van der Waals surface area (Å²) in [5.41, 5.74) is 3.44. The van der Waals surface area contributed by atoms with Gasteiger partial charge in [0.05, 0.1) is 23.3 Å². The largest absolute Gasteiger partial charge is 0.462 e. The maximum Gasteiger partial charge on any atom is 0.339 e. The maximum absolute atomic E-state index is 12.4. The van der Waals surface area contributed by atoms with Crippen LogP contribution in [0.5, 0.6) is 0 Å². The average molecular weight is 382 g/mol. The van der Waals surface area contributed by atoms with Crippen molar-refractivity contribution >= 4 is 17.8 Å². The number of fused-ring (bicyclic) bond motifs is 1. The number of hydrogen-bond acceptors (Lipinski definition) is 4. The zero-order valence-electron chi connectivity index (χ0n) is 16.8. The third kappa shape index (κ3) is 3.59. The lowest BCUT2D eigenvalue weighted by Crippen LogP contribution is -2.30. The number of aromatic nitrogens is 1. The van der Waals surface area contributed by atoms with Crippen LogP contribution in [0.4, 0.5) is 0 Å². The van der Waals surface area contributed by atoms with Crippen LogP contribution in [0.3, 0.4) is 0 Å². The third-order valence-corrected chi connectivity index (χ3v) is 5.11. The van der Waals surface area contributed by atoms with Crippen molar-refractivity contribution in [3.63, 3.8) is 0 Å². The molecule has 0 saturated heterocycles. The smallest absolute Gasteiger partial charge is 0.339 e. The topological polar surface area (TPSA) is 68.6 Å². The maximum atomic E-state index is 12.4. The van der Waals surface area contributed by atoms with Crippen LogP contribution in [0.1, 0.15) is 75.2 Å². The van der Waals surface area contributed by atoms with E-state index >= 15 is 0 Å². The van der Waals surface area contributed by atoms with Crippen molar-refractivity contribution in [2.24, 2.45) is 0 Å². The number of carbonyl (C=O) groups is 3. The van der Waals surface area contributed by atoms with Gasteiger partial charge in [0.25, 0.3) is 11.8 Å². The quantitative estimate of drug-likeness (QED) is 0.413. The van der Waals surface area contributed by atoms with E-state index in [4.69, 9.17) is 4.74 Å². The van der Waals surface area contributed by atoms with E-state index in [2.05, 4.69) is 18.4 Å². The normalized spacial score (nSPS) is 13.4. The van der Waals surface area contributed by atoms with E-state index in [0.717, 1.165) is 11.4 Å². The second-order valence-corrected chi connectivity index (χ2v) is 7.40. The number of amides is 2. The number of rotatable bonds is 7. The van der Waals surface area contributed by atoms with Gasteiger partial charge in [0.1, 0.15) is 0 Å². The molecule has 148 valence electrons. The lowest BCUT2D eigenvalue weighted by Gasteiger charge is -2.14. The molecule has 1 aromatic heterocycles. The van der Waals surface area contributed by atoms with Crippen molar-refractivity contribution in [2.75, 3.05) is 13.2 Å². The van der Waals surface area contributed by atoms with Gasteiger partial charge in [-0.25, -0.2) is 4.79 Å². The first-order chi connectivity index (χ1) is 13.3. The van der Waals surface area contributed by atoms with Gasteiger partial charge in [0, 0.05) is 24.0 Å². The van der Waals surface area contributed by atoms with E-state index in [-0.39, 0.29) is 30.4 Å². The fraction of sp³-hybridized carbons (Fsp3) is 0.409. The Bertz CT molecular complexity index is 892. The summed E-state index contributed by atoms with van der Waals surface area (Å²) >= 11 is 0. The Balaban J connectivity index is 1.48. The van der Waals surface area contributed by atoms with E-state index in [1.165, 1.54) is 4.90 Å². The van der Waals surface area contributed by atoms with E-state index in [9.17, 15) is 14.4 Å². The Morgan fingerprint density at radius 3 is 2.18 bits per heavy atom. The highest BCUT2D eigenvalue weighted by Gasteiger charge is 2.34. The summed E-state index contributed by atoms with van der Waals surface area (Å²) in [7, 11) is 0. The zero-order valence-corrected chi connectivity index (χ0v) is 16.8. The summed E-state index contributed by atoms with van der Waals surface area (Å²) in [5, 5.41) is 0. The number of unbranched alkanes of at least 4 members (excludes halogenated alkanes) is 1. The van der Waals surface area contributed by atoms with Gasteiger partial charge in [-0.05, 0) is 58.7 Å². The summed E-state index contributed by atoms with van der Waals surface area (Å²) in [6, 6.07) is 8.99. The Morgan fingerprint density at radius 1 is 1.04 bits per heavy atom. The highest BCUT2D eigenvalue weighted by Crippen LogP contribution is 2.23. The number of benzene rings is 1. The van der Waals surface area contributed by atoms with Gasteiger partial charge in [-0.15, -0.1) is 0 Å². The molecule has 0 spiro atoms. The third-order valence-electron chi connectivity index (χ3n) is 5.11. The van der Waals surface area contributed by atoms with Crippen LogP contribution in [0.15, 0.2) is 30.3 Å². The molecule has 3 rings (SSSR count). The molecule has 1 aliphatic heterocycles. The van der Waals surface area contributed by atoms with Crippen LogP contribution < -0.4 is 0 Å². The van der Waals surface area contributed by atoms with Gasteiger partial charge >= 0.3 is 5.97 Å². The second-order valence-electron chi connectivity index (χ2n) is 7.40. The van der Waals surface area contributed by atoms with Crippen LogP contribution in [-0.2, 0) is 4.74 Å². The molecular formula is C22H26N2O4. The Kier molecular flexibility index (Phi) is 5.68. The monoisotopic (exact) mass is 382 g/mol. The number of hydrogen-bond donors (Lipinski definition) is 0. The minimum atomic E-state index is -0.333. The molecule has 2 aromatic rings. The highest BCUT2D eigenvalue weighted by atomic mass is 16.5. The molecule has 1 aromatic carbocycles. The van der Waals surface area contributed by atoms with Gasteiger partial charge in [-0.3, -0.25) is 14.5 Å². The molecule has 6 heteroatoms. The van der Waals surface area contributed by atoms with Crippen molar-refractivity contribution in [1.82, 2.24) is 9.47 Å². The molecule has 0 atom stereocenters. The van der Waals surface area contributed by atoms with E-state index in [1.54, 1.807) is 24.3 Å². The average Bonchev–Trinajstić information content (AvgIpc) is 3.09. The minimum absolute atomic E-state index is 0.251. The molecule has 28 heavy (non-hydrogen) atoms. The van der Waals surface area contributed by atoms with Gasteiger partial charge in [0.2, 0.25) is 0 Å². The molecule has 2 heterocycles. The molecule has 0 saturated carbocycles. The lowest BCUT2D eigenvalue weighted by atomic mass is 10.1. The number of ether oxygens (including phenoxy) is 1. The highest BCUT2D eigenvalue weighted by molar-refractivity contribution is 6.21. The lowest BCUT2D eigenvalue weighted by molar-refractivity contribution is 0.0484. The van der Waals surface area contributed by atoms with E-state index in [0.29, 0.717) is 36.1 Å². The molecule has 6 nitrogen and oxygen atoms in total. The Labute approximate surface area is 165 Å². The molecular weight excluding hydrogens is 356 g/mol. The summed E-state index contributed by atoms with van der Waals surface area (Å²) in [6.07, 6.45) is 1.17. The first kappa shape index (κ1) is 19.9. The Hall–Kier alpha value is -2.89. The molecule has 0 fully saturated rings. The van der Waals surface area contributed by atoms with Crippen LogP contribution >= 0.6 is 0 Å². The molecule has 0 aliphatic carbocycles. The van der Waals surface area contributed by atoms with Crippen molar-refractivity contribution < 1.29 is 19.1 Å². The minimum Gasteiger partial charge on any atom is -0.462 e. The van der Waals surface area contributed by atoms with Gasteiger partial charge in [-0.2, -0.15) is 0 Å². The standard InChI is InChI=1S/C22H26N2O4/c1-14(2)24-15(3)13-19(16(24)4)22(27)28-12-8-7-11-23-20(25)17-9-5-6-10-18(17)21(23)26/h5-6,9-10,13-14H,7-8,11-12H2,1-4H3. The first-order valence-electron chi connectivity index (χ1n) is 9.63. The summed E-state index contributed by atoms with van der Waals surface area (Å²) in [5.74, 6) is -0.835. The van der Waals surface area contributed by atoms with E-state index < -0.39 is 0 Å². The van der Waals surface area contributed by atoms with Gasteiger partial charge < -0.3 is 9.30 Å². The van der Waals surface area contributed by atoms with E-state index in [1.807, 2.05) is 19.9 Å². The molecule has 0 unspecified atom stereocenters. The predicted octanol–water partition coefficient (Wildman–Crippen LogP) is 3.92. The fourth-order valence-electron chi connectivity index (χ4n) is 3.84. The summed E-state index contributed by atoms with van der Waals surface area (Å²) in [6.45, 7) is 8.64. The molecule has 2 amide bonds. The van der Waals surface area contributed by atoms with Crippen molar-refractivity contribution in [3.05, 3.63) is 58.4 Å². The van der Waals surface area contributed by atoms with Gasteiger partial charge in [0.15, 0.2) is 0 Å².